The van der Waals surface area contributed by atoms with Crippen LogP contribution in [0.2, 0.25) is 0 Å². The number of rotatable bonds is 8. The molecule has 0 aliphatic heterocycles. The maximum atomic E-state index is 5.37. The molecule has 0 saturated heterocycles. The Morgan fingerprint density at radius 2 is 2.10 bits per heavy atom. The lowest BCUT2D eigenvalue weighted by molar-refractivity contribution is 0.0696. The number of hydrogen-bond donors (Lipinski definition) is 0. The van der Waals surface area contributed by atoms with Crippen molar-refractivity contribution < 1.29 is 14.0 Å². The van der Waals surface area contributed by atoms with Gasteiger partial charge in [0.2, 0.25) is 11.7 Å². The summed E-state index contributed by atoms with van der Waals surface area (Å²) in [5.41, 5.74) is 0.879. The molecule has 7 nitrogen and oxygen atoms in total. The van der Waals surface area contributed by atoms with Crippen molar-refractivity contribution >= 4 is 5.82 Å². The molecule has 2 rings (SSSR count). The van der Waals surface area contributed by atoms with Crippen LogP contribution in [0.5, 0.6) is 0 Å². The first-order valence-corrected chi connectivity index (χ1v) is 6.73. The second-order valence-electron chi connectivity index (χ2n) is 4.66. The zero-order valence-electron chi connectivity index (χ0n) is 12.6. The first kappa shape index (κ1) is 15.4. The van der Waals surface area contributed by atoms with E-state index in [1.54, 1.807) is 13.3 Å². The third-order valence-corrected chi connectivity index (χ3v) is 2.82. The van der Waals surface area contributed by atoms with E-state index in [-0.39, 0.29) is 0 Å². The van der Waals surface area contributed by atoms with Crippen LogP contribution in [0.25, 0.3) is 11.4 Å². The van der Waals surface area contributed by atoms with Crippen molar-refractivity contribution in [1.29, 1.82) is 0 Å². The second-order valence-corrected chi connectivity index (χ2v) is 4.66. The van der Waals surface area contributed by atoms with E-state index in [1.807, 2.05) is 31.1 Å². The fourth-order valence-corrected chi connectivity index (χ4v) is 1.68. The van der Waals surface area contributed by atoms with Crippen molar-refractivity contribution in [2.24, 2.45) is 0 Å². The van der Waals surface area contributed by atoms with Crippen LogP contribution in [0.3, 0.4) is 0 Å². The molecule has 0 N–H and O–H groups in total. The maximum Gasteiger partial charge on any atom is 0.229 e. The molecule has 0 atom stereocenters. The van der Waals surface area contributed by atoms with E-state index < -0.39 is 0 Å². The lowest BCUT2D eigenvalue weighted by Crippen LogP contribution is -2.10. The molecule has 2 aromatic rings. The van der Waals surface area contributed by atoms with Crippen LogP contribution in [-0.2, 0) is 15.9 Å². The monoisotopic (exact) mass is 292 g/mol. The van der Waals surface area contributed by atoms with Gasteiger partial charge in [-0.2, -0.15) is 4.98 Å². The molecule has 0 saturated carbocycles. The highest BCUT2D eigenvalue weighted by Gasteiger charge is 2.10. The van der Waals surface area contributed by atoms with Crippen LogP contribution in [0, 0.1) is 0 Å². The van der Waals surface area contributed by atoms with Gasteiger partial charge < -0.3 is 18.9 Å². The molecule has 114 valence electrons. The van der Waals surface area contributed by atoms with Crippen LogP contribution in [0.4, 0.5) is 5.82 Å². The maximum absolute atomic E-state index is 5.37. The number of pyridine rings is 1. The van der Waals surface area contributed by atoms with E-state index in [4.69, 9.17) is 14.0 Å². The van der Waals surface area contributed by atoms with Gasteiger partial charge in [-0.1, -0.05) is 5.16 Å². The lowest BCUT2D eigenvalue weighted by Gasteiger charge is -2.10. The lowest BCUT2D eigenvalue weighted by atomic mass is 10.2. The average molecular weight is 292 g/mol. The molecule has 0 radical (unpaired) electrons. The Hall–Kier alpha value is -1.99. The molecule has 0 unspecified atom stereocenters. The normalized spacial score (nSPS) is 10.8. The first-order chi connectivity index (χ1) is 10.2. The van der Waals surface area contributed by atoms with Crippen molar-refractivity contribution in [2.75, 3.05) is 45.9 Å². The third kappa shape index (κ3) is 4.51. The van der Waals surface area contributed by atoms with Crippen LogP contribution >= 0.6 is 0 Å². The molecule has 0 spiro atoms. The first-order valence-electron chi connectivity index (χ1n) is 6.73. The van der Waals surface area contributed by atoms with Crippen molar-refractivity contribution in [3.05, 3.63) is 24.2 Å². The fraction of sp³-hybridized carbons (Fsp3) is 0.500. The van der Waals surface area contributed by atoms with Gasteiger partial charge in [0.15, 0.2) is 0 Å². The van der Waals surface area contributed by atoms with E-state index in [0.29, 0.717) is 38.0 Å². The van der Waals surface area contributed by atoms with Crippen molar-refractivity contribution in [3.63, 3.8) is 0 Å². The Morgan fingerprint density at radius 1 is 1.24 bits per heavy atom. The van der Waals surface area contributed by atoms with Crippen LogP contribution in [-0.4, -0.2) is 56.2 Å². The Balaban J connectivity index is 1.94. The van der Waals surface area contributed by atoms with E-state index in [0.717, 1.165) is 11.4 Å². The number of methoxy groups -OCH3 is 1. The van der Waals surface area contributed by atoms with Gasteiger partial charge in [-0.3, -0.25) is 0 Å². The predicted octanol–water partition coefficient (Wildman–Crippen LogP) is 1.40. The van der Waals surface area contributed by atoms with Gasteiger partial charge in [0.05, 0.1) is 26.2 Å². The molecule has 0 aliphatic carbocycles. The molecule has 7 heteroatoms. The van der Waals surface area contributed by atoms with Crippen LogP contribution in [0.15, 0.2) is 22.9 Å². The number of hydrogen-bond acceptors (Lipinski definition) is 7. The van der Waals surface area contributed by atoms with Crippen molar-refractivity contribution in [3.8, 4) is 11.4 Å². The Kier molecular flexibility index (Phi) is 5.65. The van der Waals surface area contributed by atoms with Gasteiger partial charge >= 0.3 is 0 Å². The summed E-state index contributed by atoms with van der Waals surface area (Å²) in [6, 6.07) is 3.78. The summed E-state index contributed by atoms with van der Waals surface area (Å²) in [7, 11) is 5.51. The molecular formula is C14H20N4O3. The summed E-state index contributed by atoms with van der Waals surface area (Å²) >= 11 is 0. The second kappa shape index (κ2) is 7.70. The van der Waals surface area contributed by atoms with E-state index in [1.165, 1.54) is 0 Å². The van der Waals surface area contributed by atoms with Gasteiger partial charge in [-0.25, -0.2) is 4.98 Å². The van der Waals surface area contributed by atoms with Crippen LogP contribution in [0.1, 0.15) is 5.89 Å². The SMILES string of the molecule is COCCOCCc1nc(-c2ccnc(N(C)C)c2)no1. The van der Waals surface area contributed by atoms with Gasteiger partial charge in [-0.15, -0.1) is 0 Å². The van der Waals surface area contributed by atoms with Crippen molar-refractivity contribution in [2.45, 2.75) is 6.42 Å². The molecule has 2 heterocycles. The predicted molar refractivity (Wildman–Crippen MR) is 78.3 cm³/mol. The number of anilines is 1. The summed E-state index contributed by atoms with van der Waals surface area (Å²) in [6.07, 6.45) is 2.32. The summed E-state index contributed by atoms with van der Waals surface area (Å²) < 4.78 is 15.5. The Morgan fingerprint density at radius 3 is 2.86 bits per heavy atom. The summed E-state index contributed by atoms with van der Waals surface area (Å²) in [4.78, 5) is 10.5. The zero-order valence-corrected chi connectivity index (χ0v) is 12.6. The van der Waals surface area contributed by atoms with Crippen LogP contribution < -0.4 is 4.90 Å². The zero-order chi connectivity index (χ0) is 15.1. The van der Waals surface area contributed by atoms with Gasteiger partial charge in [0.25, 0.3) is 0 Å². The van der Waals surface area contributed by atoms with E-state index >= 15 is 0 Å². The van der Waals surface area contributed by atoms with E-state index in [9.17, 15) is 0 Å². The Bertz CT molecular complexity index is 557. The summed E-state index contributed by atoms with van der Waals surface area (Å²) in [5.74, 6) is 1.97. The highest BCUT2D eigenvalue weighted by molar-refractivity contribution is 5.59. The molecule has 0 fully saturated rings. The molecule has 0 aromatic carbocycles. The molecule has 21 heavy (non-hydrogen) atoms. The largest absolute Gasteiger partial charge is 0.382 e. The number of ether oxygens (including phenoxy) is 2. The highest BCUT2D eigenvalue weighted by atomic mass is 16.5. The topological polar surface area (TPSA) is 73.5 Å². The number of aromatic nitrogens is 3. The number of nitrogens with zero attached hydrogens (tertiary/aromatic N) is 4. The minimum Gasteiger partial charge on any atom is -0.382 e. The average Bonchev–Trinajstić information content (AvgIpc) is 2.96. The fourth-order valence-electron chi connectivity index (χ4n) is 1.68. The highest BCUT2D eigenvalue weighted by Crippen LogP contribution is 2.19. The summed E-state index contributed by atoms with van der Waals surface area (Å²) in [5, 5.41) is 3.99. The van der Waals surface area contributed by atoms with E-state index in [2.05, 4.69) is 15.1 Å². The minimum atomic E-state index is 0.532. The smallest absolute Gasteiger partial charge is 0.229 e. The van der Waals surface area contributed by atoms with Gasteiger partial charge in [0.1, 0.15) is 5.82 Å². The molecule has 0 amide bonds. The minimum absolute atomic E-state index is 0.532. The molecule has 0 bridgehead atoms. The molecule has 2 aromatic heterocycles. The third-order valence-electron chi connectivity index (χ3n) is 2.82. The standard InChI is InChI=1S/C14H20N4O3/c1-18(2)12-10-11(4-6-15-12)14-16-13(21-17-14)5-7-20-9-8-19-3/h4,6,10H,5,7-9H2,1-3H3. The Labute approximate surface area is 123 Å². The quantitative estimate of drug-likeness (QED) is 0.681. The molecular weight excluding hydrogens is 272 g/mol. The summed E-state index contributed by atoms with van der Waals surface area (Å²) in [6.45, 7) is 1.68. The van der Waals surface area contributed by atoms with Gasteiger partial charge in [0, 0.05) is 33.0 Å². The van der Waals surface area contributed by atoms with Gasteiger partial charge in [-0.05, 0) is 12.1 Å². The van der Waals surface area contributed by atoms with Crippen molar-refractivity contribution in [1.82, 2.24) is 15.1 Å². The molecule has 0 aliphatic rings.